The fraction of sp³-hybridized carbons (Fsp3) is 0.750. The van der Waals surface area contributed by atoms with Gasteiger partial charge in [0.25, 0.3) is 0 Å². The molecular weight excluding hydrogens is 186 g/mol. The highest BCUT2D eigenvalue weighted by Gasteiger charge is 2.21. The third-order valence-corrected chi connectivity index (χ3v) is 3.20. The van der Waals surface area contributed by atoms with Gasteiger partial charge in [0.05, 0.1) is 11.7 Å². The molecule has 3 heteroatoms. The van der Waals surface area contributed by atoms with Crippen molar-refractivity contribution in [3.8, 4) is 0 Å². The van der Waals surface area contributed by atoms with Crippen molar-refractivity contribution >= 4 is 0 Å². The van der Waals surface area contributed by atoms with Crippen molar-refractivity contribution in [1.82, 2.24) is 15.1 Å². The van der Waals surface area contributed by atoms with E-state index in [1.807, 2.05) is 13.2 Å². The maximum Gasteiger partial charge on any atom is 0.0556 e. The van der Waals surface area contributed by atoms with Crippen molar-refractivity contribution in [3.63, 3.8) is 0 Å². The van der Waals surface area contributed by atoms with E-state index in [4.69, 9.17) is 0 Å². The molecule has 0 spiro atoms. The van der Waals surface area contributed by atoms with Gasteiger partial charge in [-0.3, -0.25) is 4.68 Å². The van der Waals surface area contributed by atoms with Crippen LogP contribution in [0.1, 0.15) is 45.3 Å². The zero-order valence-corrected chi connectivity index (χ0v) is 10.3. The zero-order chi connectivity index (χ0) is 11.3. The molecule has 1 N–H and O–H groups in total. The summed E-state index contributed by atoms with van der Waals surface area (Å²) < 4.78 is 2.08. The summed E-state index contributed by atoms with van der Waals surface area (Å²) in [5, 5.41) is 7.75. The Hall–Kier alpha value is -0.830. The number of hydrogen-bond donors (Lipinski definition) is 1. The summed E-state index contributed by atoms with van der Waals surface area (Å²) in [6.45, 7) is 7.59. The first-order chi connectivity index (χ1) is 7.28. The molecule has 1 aromatic heterocycles. The van der Waals surface area contributed by atoms with Crippen LogP contribution in [0, 0.1) is 5.92 Å². The van der Waals surface area contributed by atoms with Crippen LogP contribution in [-0.4, -0.2) is 16.8 Å². The summed E-state index contributed by atoms with van der Waals surface area (Å²) >= 11 is 0. The van der Waals surface area contributed by atoms with Crippen LogP contribution in [0.25, 0.3) is 0 Å². The Balaban J connectivity index is 2.90. The molecular formula is C12H23N3. The van der Waals surface area contributed by atoms with Crippen molar-refractivity contribution in [3.05, 3.63) is 18.0 Å². The topological polar surface area (TPSA) is 29.9 Å². The number of nitrogens with zero attached hydrogens (tertiary/aromatic N) is 2. The second kappa shape index (κ2) is 5.91. The van der Waals surface area contributed by atoms with Gasteiger partial charge >= 0.3 is 0 Å². The lowest BCUT2D eigenvalue weighted by Crippen LogP contribution is -2.27. The molecule has 1 unspecified atom stereocenters. The molecule has 15 heavy (non-hydrogen) atoms. The highest BCUT2D eigenvalue weighted by molar-refractivity contribution is 5.08. The number of aromatic nitrogens is 2. The molecule has 0 saturated carbocycles. The number of nitrogens with one attached hydrogen (secondary N) is 1. The van der Waals surface area contributed by atoms with Crippen LogP contribution in [0.15, 0.2) is 12.3 Å². The fourth-order valence-electron chi connectivity index (χ4n) is 2.26. The minimum absolute atomic E-state index is 0.433. The molecule has 3 nitrogen and oxygen atoms in total. The van der Waals surface area contributed by atoms with Gasteiger partial charge < -0.3 is 5.32 Å². The minimum Gasteiger partial charge on any atom is -0.311 e. The molecule has 0 aromatic carbocycles. The van der Waals surface area contributed by atoms with Gasteiger partial charge in [-0.1, -0.05) is 26.7 Å². The summed E-state index contributed by atoms with van der Waals surface area (Å²) in [6, 6.07) is 2.56. The SMILES string of the molecule is CCC(CC)C(NC)c1ccnn1CC. The molecule has 1 aromatic rings. The maximum absolute atomic E-state index is 4.33. The Morgan fingerprint density at radius 2 is 2.00 bits per heavy atom. The minimum atomic E-state index is 0.433. The van der Waals surface area contributed by atoms with Gasteiger partial charge in [0, 0.05) is 12.7 Å². The van der Waals surface area contributed by atoms with Gasteiger partial charge in [0.1, 0.15) is 0 Å². The van der Waals surface area contributed by atoms with Crippen molar-refractivity contribution in [2.45, 2.75) is 46.2 Å². The first-order valence-electron chi connectivity index (χ1n) is 5.97. The normalized spacial score (nSPS) is 13.4. The summed E-state index contributed by atoms with van der Waals surface area (Å²) in [7, 11) is 2.04. The molecule has 0 saturated heterocycles. The molecule has 0 aliphatic rings. The lowest BCUT2D eigenvalue weighted by atomic mass is 9.92. The van der Waals surface area contributed by atoms with E-state index in [0.29, 0.717) is 12.0 Å². The third-order valence-electron chi connectivity index (χ3n) is 3.20. The van der Waals surface area contributed by atoms with E-state index in [-0.39, 0.29) is 0 Å². The lowest BCUT2D eigenvalue weighted by molar-refractivity contribution is 0.340. The molecule has 1 atom stereocenters. The predicted octanol–water partition coefficient (Wildman–Crippen LogP) is 2.60. The second-order valence-electron chi connectivity index (χ2n) is 3.91. The van der Waals surface area contributed by atoms with Gasteiger partial charge in [0.15, 0.2) is 0 Å². The van der Waals surface area contributed by atoms with Gasteiger partial charge in [-0.05, 0) is 26.0 Å². The lowest BCUT2D eigenvalue weighted by Gasteiger charge is -2.25. The van der Waals surface area contributed by atoms with E-state index in [2.05, 4.69) is 41.9 Å². The standard InChI is InChI=1S/C12H23N3/c1-5-10(6-2)12(13-4)11-8-9-14-15(11)7-3/h8-10,12-13H,5-7H2,1-4H3. The van der Waals surface area contributed by atoms with E-state index < -0.39 is 0 Å². The third kappa shape index (κ3) is 2.59. The molecule has 1 rings (SSSR count). The Morgan fingerprint density at radius 1 is 1.33 bits per heavy atom. The largest absolute Gasteiger partial charge is 0.311 e. The number of hydrogen-bond acceptors (Lipinski definition) is 2. The van der Waals surface area contributed by atoms with E-state index >= 15 is 0 Å². The summed E-state index contributed by atoms with van der Waals surface area (Å²) in [4.78, 5) is 0. The molecule has 0 aliphatic carbocycles. The van der Waals surface area contributed by atoms with E-state index in [9.17, 15) is 0 Å². The highest BCUT2D eigenvalue weighted by atomic mass is 15.3. The molecule has 1 heterocycles. The van der Waals surface area contributed by atoms with Crippen LogP contribution in [-0.2, 0) is 6.54 Å². The van der Waals surface area contributed by atoms with Crippen molar-refractivity contribution < 1.29 is 0 Å². The molecule has 0 radical (unpaired) electrons. The van der Waals surface area contributed by atoms with Crippen LogP contribution in [0.4, 0.5) is 0 Å². The van der Waals surface area contributed by atoms with Crippen LogP contribution < -0.4 is 5.32 Å². The average Bonchev–Trinajstić information content (AvgIpc) is 2.73. The quantitative estimate of drug-likeness (QED) is 0.780. The molecule has 0 fully saturated rings. The molecule has 0 amide bonds. The molecule has 0 bridgehead atoms. The smallest absolute Gasteiger partial charge is 0.0556 e. The number of rotatable bonds is 6. The highest BCUT2D eigenvalue weighted by Crippen LogP contribution is 2.26. The predicted molar refractivity (Wildman–Crippen MR) is 63.8 cm³/mol. The second-order valence-corrected chi connectivity index (χ2v) is 3.91. The Kier molecular flexibility index (Phi) is 4.82. The van der Waals surface area contributed by atoms with Crippen LogP contribution in [0.3, 0.4) is 0 Å². The van der Waals surface area contributed by atoms with E-state index in [0.717, 1.165) is 6.54 Å². The van der Waals surface area contributed by atoms with Crippen molar-refractivity contribution in [2.75, 3.05) is 7.05 Å². The Morgan fingerprint density at radius 3 is 2.47 bits per heavy atom. The summed E-state index contributed by atoms with van der Waals surface area (Å²) in [5.41, 5.74) is 1.31. The summed E-state index contributed by atoms with van der Waals surface area (Å²) in [6.07, 6.45) is 4.30. The van der Waals surface area contributed by atoms with Crippen molar-refractivity contribution in [2.24, 2.45) is 5.92 Å². The molecule has 0 aliphatic heterocycles. The van der Waals surface area contributed by atoms with E-state index in [1.165, 1.54) is 18.5 Å². The molecule has 86 valence electrons. The monoisotopic (exact) mass is 209 g/mol. The Bertz CT molecular complexity index is 276. The van der Waals surface area contributed by atoms with E-state index in [1.54, 1.807) is 0 Å². The van der Waals surface area contributed by atoms with Gasteiger partial charge in [0.2, 0.25) is 0 Å². The number of aryl methyl sites for hydroxylation is 1. The van der Waals surface area contributed by atoms with Gasteiger partial charge in [-0.2, -0.15) is 5.10 Å². The Labute approximate surface area is 92.9 Å². The first kappa shape index (κ1) is 12.2. The van der Waals surface area contributed by atoms with Crippen LogP contribution in [0.5, 0.6) is 0 Å². The summed E-state index contributed by atoms with van der Waals surface area (Å²) in [5.74, 6) is 0.692. The van der Waals surface area contributed by atoms with Gasteiger partial charge in [-0.25, -0.2) is 0 Å². The van der Waals surface area contributed by atoms with Crippen molar-refractivity contribution in [1.29, 1.82) is 0 Å². The zero-order valence-electron chi connectivity index (χ0n) is 10.3. The maximum atomic E-state index is 4.33. The fourth-order valence-corrected chi connectivity index (χ4v) is 2.26. The van der Waals surface area contributed by atoms with Crippen LogP contribution >= 0.6 is 0 Å². The van der Waals surface area contributed by atoms with Crippen LogP contribution in [0.2, 0.25) is 0 Å². The first-order valence-corrected chi connectivity index (χ1v) is 5.97. The average molecular weight is 209 g/mol. The van der Waals surface area contributed by atoms with Gasteiger partial charge in [-0.15, -0.1) is 0 Å².